The van der Waals surface area contributed by atoms with E-state index in [0.717, 1.165) is 39.5 Å². The molecule has 0 saturated carbocycles. The van der Waals surface area contributed by atoms with Crippen LogP contribution in [0.2, 0.25) is 0 Å². The Kier molecular flexibility index (Phi) is 7.18. The predicted molar refractivity (Wildman–Crippen MR) is 245 cm³/mol. The van der Waals surface area contributed by atoms with Crippen LogP contribution in [0.5, 0.6) is 11.5 Å². The molecule has 0 N–H and O–H groups in total. The van der Waals surface area contributed by atoms with Crippen LogP contribution in [-0.2, 0) is 5.41 Å². The lowest BCUT2D eigenvalue weighted by Crippen LogP contribution is -2.16. The number of nitrogens with zero attached hydrogens (tertiary/aromatic N) is 1. The van der Waals surface area contributed by atoms with E-state index in [4.69, 9.17) is 4.74 Å². The molecule has 0 fully saturated rings. The normalized spacial score (nSPS) is 13.3. The zero-order valence-electron chi connectivity index (χ0n) is 32.2. The summed E-state index contributed by atoms with van der Waals surface area (Å²) in [6.07, 6.45) is 0. The number of anilines is 3. The lowest BCUT2D eigenvalue weighted by molar-refractivity contribution is 0.487. The first-order valence-electron chi connectivity index (χ1n) is 20.0. The number of fused-ring (bicyclic) bond motifs is 8. The van der Waals surface area contributed by atoms with E-state index in [1.165, 1.54) is 75.6 Å². The summed E-state index contributed by atoms with van der Waals surface area (Å²) in [7, 11) is 0. The van der Waals surface area contributed by atoms with Crippen LogP contribution in [0.25, 0.3) is 75.5 Å². The van der Waals surface area contributed by atoms with Crippen LogP contribution in [0.4, 0.5) is 17.1 Å². The van der Waals surface area contributed by atoms with E-state index in [2.05, 4.69) is 207 Å². The molecule has 9 aromatic carbocycles. The van der Waals surface area contributed by atoms with Crippen molar-refractivity contribution in [3.05, 3.63) is 199 Å². The molecule has 12 rings (SSSR count). The van der Waals surface area contributed by atoms with Crippen molar-refractivity contribution in [2.45, 2.75) is 19.3 Å². The van der Waals surface area contributed by atoms with Crippen molar-refractivity contribution in [2.24, 2.45) is 0 Å². The van der Waals surface area contributed by atoms with Crippen molar-refractivity contribution in [3.8, 4) is 56.0 Å². The van der Waals surface area contributed by atoms with Gasteiger partial charge in [-0.1, -0.05) is 141 Å². The van der Waals surface area contributed by atoms with Gasteiger partial charge in [-0.05, 0) is 104 Å². The molecule has 1 aliphatic heterocycles. The van der Waals surface area contributed by atoms with Crippen molar-refractivity contribution in [2.75, 3.05) is 4.90 Å². The number of hydrogen-bond acceptors (Lipinski definition) is 3. The fourth-order valence-corrected chi connectivity index (χ4v) is 10.8. The minimum absolute atomic E-state index is 0.190. The maximum atomic E-state index is 6.93. The molecule has 0 spiro atoms. The molecule has 58 heavy (non-hydrogen) atoms. The van der Waals surface area contributed by atoms with Gasteiger partial charge >= 0.3 is 0 Å². The van der Waals surface area contributed by atoms with E-state index in [1.807, 2.05) is 11.3 Å². The van der Waals surface area contributed by atoms with Gasteiger partial charge in [-0.2, -0.15) is 0 Å². The summed E-state index contributed by atoms with van der Waals surface area (Å²) in [6, 6.07) is 68.8. The van der Waals surface area contributed by atoms with Crippen molar-refractivity contribution in [3.63, 3.8) is 0 Å². The number of benzene rings is 9. The summed E-state index contributed by atoms with van der Waals surface area (Å²) in [4.78, 5) is 2.46. The third-order valence-corrected chi connectivity index (χ3v) is 13.6. The largest absolute Gasteiger partial charge is 0.456 e. The number of thiophene rings is 1. The highest BCUT2D eigenvalue weighted by atomic mass is 32.1. The second kappa shape index (κ2) is 12.5. The lowest BCUT2D eigenvalue weighted by atomic mass is 9.81. The summed E-state index contributed by atoms with van der Waals surface area (Å²) >= 11 is 1.85. The summed E-state index contributed by atoms with van der Waals surface area (Å²) in [5.41, 5.74) is 15.6. The van der Waals surface area contributed by atoms with Crippen LogP contribution < -0.4 is 9.64 Å². The summed E-state index contributed by atoms with van der Waals surface area (Å²) in [5.74, 6) is 1.75. The molecular weight excluding hydrogens is 723 g/mol. The zero-order chi connectivity index (χ0) is 38.5. The number of hydrogen-bond donors (Lipinski definition) is 0. The second-order valence-electron chi connectivity index (χ2n) is 16.1. The third-order valence-electron chi connectivity index (χ3n) is 12.5. The van der Waals surface area contributed by atoms with Gasteiger partial charge in [0.2, 0.25) is 0 Å². The highest BCUT2D eigenvalue weighted by Crippen LogP contribution is 2.56. The smallest absolute Gasteiger partial charge is 0.137 e. The van der Waals surface area contributed by atoms with E-state index < -0.39 is 0 Å². The minimum Gasteiger partial charge on any atom is -0.456 e. The van der Waals surface area contributed by atoms with Gasteiger partial charge in [0.05, 0.1) is 5.69 Å². The van der Waals surface area contributed by atoms with E-state index in [9.17, 15) is 0 Å². The fourth-order valence-electron chi connectivity index (χ4n) is 9.67. The molecule has 1 aromatic heterocycles. The van der Waals surface area contributed by atoms with Gasteiger partial charge < -0.3 is 9.64 Å². The maximum absolute atomic E-state index is 6.93. The number of ether oxygens (including phenoxy) is 1. The Bertz CT molecular complexity index is 3290. The van der Waals surface area contributed by atoms with E-state index in [-0.39, 0.29) is 5.41 Å². The SMILES string of the molecule is CC1(C)c2cc(-c3ccccc3)ccc2-c2c(N(c3ccc4c(c3)Oc3ccc(-c5ccccc5)c5cccc-4c35)c3ccc4sc5ccccc5c4c3)cccc21. The number of rotatable bonds is 5. The molecular formula is C55H37NOS. The van der Waals surface area contributed by atoms with E-state index >= 15 is 0 Å². The standard InChI is InChI=1S/C55H37NOS/c1-55(2)46-20-12-21-48(54(46)44-26-23-36(31-47(44)55)34-13-5-3-6-14-34)56(37-25-30-52-45(32-37)41-17-9-10-22-51(41)58-52)38-24-27-40-43-19-11-18-42-39(35-15-7-4-8-16-35)28-29-49(53(42)43)57-50(40)33-38/h3-33H,1-2H3. The van der Waals surface area contributed by atoms with E-state index in [0.29, 0.717) is 0 Å². The topological polar surface area (TPSA) is 12.5 Å². The van der Waals surface area contributed by atoms with Crippen LogP contribution in [0.3, 0.4) is 0 Å². The van der Waals surface area contributed by atoms with Gasteiger partial charge in [-0.3, -0.25) is 0 Å². The van der Waals surface area contributed by atoms with Gasteiger partial charge in [0.25, 0.3) is 0 Å². The monoisotopic (exact) mass is 759 g/mol. The van der Waals surface area contributed by atoms with Gasteiger partial charge in [0, 0.05) is 59.5 Å². The fraction of sp³-hybridized carbons (Fsp3) is 0.0545. The van der Waals surface area contributed by atoms with Crippen LogP contribution in [-0.4, -0.2) is 0 Å². The van der Waals surface area contributed by atoms with Gasteiger partial charge in [-0.15, -0.1) is 11.3 Å². The highest BCUT2D eigenvalue weighted by Gasteiger charge is 2.38. The van der Waals surface area contributed by atoms with Gasteiger partial charge in [-0.25, -0.2) is 0 Å². The van der Waals surface area contributed by atoms with Crippen molar-refractivity contribution >= 4 is 59.3 Å². The van der Waals surface area contributed by atoms with Crippen LogP contribution in [0.15, 0.2) is 188 Å². The maximum Gasteiger partial charge on any atom is 0.137 e. The average molecular weight is 760 g/mol. The lowest BCUT2D eigenvalue weighted by Gasteiger charge is -2.30. The Labute approximate surface area is 341 Å². The summed E-state index contributed by atoms with van der Waals surface area (Å²) in [6.45, 7) is 4.75. The molecule has 3 heteroatoms. The van der Waals surface area contributed by atoms with Crippen molar-refractivity contribution in [1.29, 1.82) is 0 Å². The van der Waals surface area contributed by atoms with Crippen LogP contribution >= 0.6 is 11.3 Å². The molecule has 10 aromatic rings. The first-order chi connectivity index (χ1) is 28.5. The van der Waals surface area contributed by atoms with Crippen LogP contribution in [0, 0.1) is 0 Å². The Balaban J connectivity index is 1.07. The average Bonchev–Trinajstić information content (AvgIpc) is 3.76. The molecule has 274 valence electrons. The Morgan fingerprint density at radius 3 is 1.98 bits per heavy atom. The molecule has 0 amide bonds. The van der Waals surface area contributed by atoms with Gasteiger partial charge in [0.15, 0.2) is 0 Å². The summed E-state index contributed by atoms with van der Waals surface area (Å²) < 4.78 is 9.52. The molecule has 0 atom stereocenters. The van der Waals surface area contributed by atoms with E-state index in [1.54, 1.807) is 0 Å². The molecule has 0 unspecified atom stereocenters. The zero-order valence-corrected chi connectivity index (χ0v) is 33.0. The van der Waals surface area contributed by atoms with Gasteiger partial charge in [0.1, 0.15) is 11.5 Å². The molecule has 0 radical (unpaired) electrons. The summed E-state index contributed by atoms with van der Waals surface area (Å²) in [5, 5.41) is 4.92. The Hall–Kier alpha value is -6.94. The molecule has 2 nitrogen and oxygen atoms in total. The Morgan fingerprint density at radius 2 is 1.12 bits per heavy atom. The first-order valence-corrected chi connectivity index (χ1v) is 20.8. The molecule has 2 aliphatic rings. The minimum atomic E-state index is -0.190. The molecule has 0 saturated heterocycles. The third kappa shape index (κ3) is 4.90. The second-order valence-corrected chi connectivity index (χ2v) is 17.1. The molecule has 2 heterocycles. The quantitative estimate of drug-likeness (QED) is 0.173. The highest BCUT2D eigenvalue weighted by molar-refractivity contribution is 7.25. The van der Waals surface area contributed by atoms with Crippen molar-refractivity contribution in [1.82, 2.24) is 0 Å². The predicted octanol–water partition coefficient (Wildman–Crippen LogP) is 16.1. The molecule has 0 bridgehead atoms. The first kappa shape index (κ1) is 33.2. The Morgan fingerprint density at radius 1 is 0.431 bits per heavy atom. The van der Waals surface area contributed by atoms with Crippen LogP contribution in [0.1, 0.15) is 25.0 Å². The molecule has 1 aliphatic carbocycles. The van der Waals surface area contributed by atoms with Crippen molar-refractivity contribution < 1.29 is 4.74 Å².